The van der Waals surface area contributed by atoms with Crippen LogP contribution in [0, 0.1) is 0 Å². The number of hydrogen-bond acceptors (Lipinski definition) is 8. The number of nitrogens with zero attached hydrogens (tertiary/aromatic N) is 2. The first kappa shape index (κ1) is 17.0. The summed E-state index contributed by atoms with van der Waals surface area (Å²) in [7, 11) is -2.45. The zero-order valence-corrected chi connectivity index (χ0v) is 12.4. The molecule has 10 nitrogen and oxygen atoms in total. The molecule has 5 atom stereocenters. The van der Waals surface area contributed by atoms with Crippen molar-refractivity contribution in [1.82, 2.24) is 9.55 Å². The minimum atomic E-state index is -3.55. The fourth-order valence-electron chi connectivity index (χ4n) is 2.18. The molecule has 0 aromatic carbocycles. The van der Waals surface area contributed by atoms with Gasteiger partial charge in [0.1, 0.15) is 12.4 Å². The monoisotopic (exact) mass is 339 g/mol. The van der Waals surface area contributed by atoms with E-state index in [1.54, 1.807) is 0 Å². The normalized spacial score (nSPS) is 33.0. The largest absolute Gasteiger partial charge is 0.391 e. The van der Waals surface area contributed by atoms with Crippen molar-refractivity contribution in [3.8, 4) is 0 Å². The van der Waals surface area contributed by atoms with Crippen LogP contribution in [0.25, 0.3) is 0 Å². The number of aliphatic hydroxyl groups excluding tert-OH is 1. The van der Waals surface area contributed by atoms with Gasteiger partial charge in [0, 0.05) is 13.3 Å². The number of rotatable bonds is 5. The molecule has 12 heteroatoms. The smallest absolute Gasteiger partial charge is 0.351 e. The molecular weight excluding hydrogens is 324 g/mol. The molecule has 4 N–H and O–H groups in total. The van der Waals surface area contributed by atoms with Crippen LogP contribution in [-0.4, -0.2) is 51.3 Å². The Bertz CT molecular complexity index is 623. The molecule has 0 radical (unpaired) electrons. The topological polar surface area (TPSA) is 146 Å². The third-order valence-electron chi connectivity index (χ3n) is 3.23. The lowest BCUT2D eigenvalue weighted by Gasteiger charge is -2.29. The highest BCUT2D eigenvalue weighted by Crippen LogP contribution is 2.43. The van der Waals surface area contributed by atoms with Gasteiger partial charge in [-0.1, -0.05) is 0 Å². The summed E-state index contributed by atoms with van der Waals surface area (Å²) in [5.74, 6) is -2.10. The van der Waals surface area contributed by atoms with Crippen molar-refractivity contribution in [3.63, 3.8) is 0 Å². The number of aliphatic hydroxyl groups is 1. The highest BCUT2D eigenvalue weighted by atomic mass is 31.1. The van der Waals surface area contributed by atoms with Crippen LogP contribution in [0.5, 0.6) is 0 Å². The first-order valence-corrected chi connectivity index (χ1v) is 7.33. The fourth-order valence-corrected chi connectivity index (χ4v) is 2.70. The predicted molar refractivity (Wildman–Crippen MR) is 70.8 cm³/mol. The molecule has 2 heterocycles. The van der Waals surface area contributed by atoms with Crippen molar-refractivity contribution in [2.24, 2.45) is 0 Å². The van der Waals surface area contributed by atoms with Gasteiger partial charge >= 0.3 is 13.9 Å². The summed E-state index contributed by atoms with van der Waals surface area (Å²) in [5.41, 5.74) is 4.45. The Morgan fingerprint density at radius 3 is 2.86 bits per heavy atom. The van der Waals surface area contributed by atoms with Gasteiger partial charge in [0.25, 0.3) is 0 Å². The lowest BCUT2D eigenvalue weighted by atomic mass is 10.1. The molecule has 124 valence electrons. The molecule has 1 saturated heterocycles. The van der Waals surface area contributed by atoms with Gasteiger partial charge in [-0.05, 0) is 6.07 Å². The second-order valence-corrected chi connectivity index (χ2v) is 5.24. The van der Waals surface area contributed by atoms with Crippen LogP contribution < -0.4 is 11.4 Å². The summed E-state index contributed by atoms with van der Waals surface area (Å²) in [6.45, 7) is -0.864. The van der Waals surface area contributed by atoms with Gasteiger partial charge in [-0.2, -0.15) is 4.98 Å². The number of aromatic nitrogens is 2. The summed E-state index contributed by atoms with van der Waals surface area (Å²) in [4.78, 5) is 24.1. The van der Waals surface area contributed by atoms with Gasteiger partial charge in [0.2, 0.25) is 5.79 Å². The van der Waals surface area contributed by atoms with Crippen molar-refractivity contribution in [3.05, 3.63) is 22.7 Å². The van der Waals surface area contributed by atoms with Gasteiger partial charge in [0.15, 0.2) is 18.5 Å². The zero-order valence-electron chi connectivity index (χ0n) is 11.4. The van der Waals surface area contributed by atoms with Gasteiger partial charge in [-0.3, -0.25) is 13.7 Å². The van der Waals surface area contributed by atoms with Crippen molar-refractivity contribution in [2.45, 2.75) is 24.3 Å². The van der Waals surface area contributed by atoms with E-state index < -0.39 is 44.8 Å². The molecular formula is C10H15FN3O7P. The van der Waals surface area contributed by atoms with Gasteiger partial charge < -0.3 is 25.2 Å². The van der Waals surface area contributed by atoms with Crippen LogP contribution in [0.2, 0.25) is 0 Å². The van der Waals surface area contributed by atoms with Gasteiger partial charge in [-0.15, -0.1) is 0 Å². The number of nitrogens with two attached hydrogens (primary N) is 1. The van der Waals surface area contributed by atoms with Crippen LogP contribution >= 0.6 is 8.25 Å². The number of anilines is 1. The molecule has 0 bridgehead atoms. The van der Waals surface area contributed by atoms with Crippen molar-refractivity contribution in [2.75, 3.05) is 19.5 Å². The Morgan fingerprint density at radius 1 is 1.68 bits per heavy atom. The summed E-state index contributed by atoms with van der Waals surface area (Å²) in [6.07, 6.45) is -4.21. The second kappa shape index (κ2) is 6.41. The molecule has 1 aromatic rings. The van der Waals surface area contributed by atoms with Crippen molar-refractivity contribution in [1.29, 1.82) is 0 Å². The van der Waals surface area contributed by atoms with Gasteiger partial charge in [0.05, 0.1) is 0 Å². The number of ether oxygens (including phenoxy) is 2. The van der Waals surface area contributed by atoms with Crippen LogP contribution in [0.4, 0.5) is 10.2 Å². The molecule has 1 aliphatic heterocycles. The van der Waals surface area contributed by atoms with Crippen LogP contribution in [0.3, 0.4) is 0 Å². The Labute approximate surface area is 124 Å². The van der Waals surface area contributed by atoms with Crippen molar-refractivity contribution < 1.29 is 33.0 Å². The van der Waals surface area contributed by atoms with Gasteiger partial charge in [-0.25, -0.2) is 9.18 Å². The van der Waals surface area contributed by atoms with E-state index in [0.717, 1.165) is 17.9 Å². The average Bonchev–Trinajstić information content (AvgIpc) is 2.73. The van der Waals surface area contributed by atoms with E-state index in [4.69, 9.17) is 20.1 Å². The maximum atomic E-state index is 14.6. The standard InChI is InChI=1S/C10H15FN3O7P/c1-19-10(4-15)7(21-22(17)18)6(11)8(20-10)14-3-2-5(12)13-9(14)16/h2-3,6-8,15,22H,4H2,1H3,(H,17,18)(H2,12,13,16)/t6?,7-,8-,10-/m1/s1. The highest BCUT2D eigenvalue weighted by molar-refractivity contribution is 7.32. The lowest BCUT2D eigenvalue weighted by Crippen LogP contribution is -2.47. The van der Waals surface area contributed by atoms with Crippen LogP contribution in [0.15, 0.2) is 17.1 Å². The maximum absolute atomic E-state index is 14.6. The van der Waals surface area contributed by atoms with Crippen LogP contribution in [-0.2, 0) is 18.6 Å². The average molecular weight is 339 g/mol. The zero-order chi connectivity index (χ0) is 16.5. The van der Waals surface area contributed by atoms with E-state index in [-0.39, 0.29) is 5.82 Å². The van der Waals surface area contributed by atoms with E-state index in [2.05, 4.69) is 9.51 Å². The Morgan fingerprint density at radius 2 is 2.36 bits per heavy atom. The van der Waals surface area contributed by atoms with E-state index in [1.807, 2.05) is 0 Å². The minimum Gasteiger partial charge on any atom is -0.391 e. The third-order valence-corrected chi connectivity index (χ3v) is 3.69. The van der Waals surface area contributed by atoms with E-state index in [1.165, 1.54) is 6.07 Å². The SMILES string of the molecule is CO[C@]1(CO)O[C@@H](n2ccc(N)nc2=O)C(F)[C@H]1O[PH](=O)O. The summed E-state index contributed by atoms with van der Waals surface area (Å²) in [5, 5.41) is 9.40. The number of nitrogen functional groups attached to an aromatic ring is 1. The molecule has 1 aliphatic rings. The number of alkyl halides is 1. The first-order valence-electron chi connectivity index (χ1n) is 6.07. The van der Waals surface area contributed by atoms with Crippen LogP contribution in [0.1, 0.15) is 6.23 Å². The molecule has 1 aromatic heterocycles. The highest BCUT2D eigenvalue weighted by Gasteiger charge is 2.59. The molecule has 0 spiro atoms. The van der Waals surface area contributed by atoms with Crippen molar-refractivity contribution >= 4 is 14.1 Å². The summed E-state index contributed by atoms with van der Waals surface area (Å²) in [6, 6.07) is 1.24. The van der Waals surface area contributed by atoms with E-state index in [0.29, 0.717) is 0 Å². The number of hydrogen-bond donors (Lipinski definition) is 3. The number of halogens is 1. The fraction of sp³-hybridized carbons (Fsp3) is 0.600. The molecule has 0 aliphatic carbocycles. The quantitative estimate of drug-likeness (QED) is 0.562. The Balaban J connectivity index is 2.42. The molecule has 2 rings (SSSR count). The maximum Gasteiger partial charge on any atom is 0.351 e. The molecule has 0 amide bonds. The molecule has 2 unspecified atom stereocenters. The van der Waals surface area contributed by atoms with E-state index >= 15 is 0 Å². The third kappa shape index (κ3) is 2.91. The predicted octanol–water partition coefficient (Wildman–Crippen LogP) is -1.21. The summed E-state index contributed by atoms with van der Waals surface area (Å²) < 4.78 is 41.0. The second-order valence-electron chi connectivity index (χ2n) is 4.47. The Kier molecular flexibility index (Phi) is 4.95. The first-order chi connectivity index (χ1) is 10.3. The van der Waals surface area contributed by atoms with E-state index in [9.17, 15) is 18.9 Å². The molecule has 22 heavy (non-hydrogen) atoms. The lowest BCUT2D eigenvalue weighted by molar-refractivity contribution is -0.266. The molecule has 1 fully saturated rings. The Hall–Kier alpha value is -1.36. The number of methoxy groups -OCH3 is 1. The summed E-state index contributed by atoms with van der Waals surface area (Å²) >= 11 is 0. The molecule has 0 saturated carbocycles. The minimum absolute atomic E-state index is 0.0666.